The van der Waals surface area contributed by atoms with E-state index in [0.29, 0.717) is 6.04 Å². The number of hydrogen-bond acceptors (Lipinski definition) is 4. The predicted octanol–water partition coefficient (Wildman–Crippen LogP) is 1.99. The van der Waals surface area contributed by atoms with Crippen molar-refractivity contribution in [2.75, 3.05) is 25.5 Å². The molecule has 1 aromatic heterocycles. The molecule has 2 heterocycles. The number of aromatic nitrogens is 2. The first-order valence-corrected chi connectivity index (χ1v) is 6.41. The van der Waals surface area contributed by atoms with Crippen LogP contribution in [0.1, 0.15) is 30.7 Å². The molecule has 1 fully saturated rings. The summed E-state index contributed by atoms with van der Waals surface area (Å²) in [6.45, 7) is 6.17. The van der Waals surface area contributed by atoms with Gasteiger partial charge in [0.05, 0.1) is 0 Å². The van der Waals surface area contributed by atoms with Gasteiger partial charge in [-0.2, -0.15) is 0 Å². The SMILES string of the molecule is Cc1cc(C)nc(NCC2CCCCN2C)n1. The Morgan fingerprint density at radius 2 is 2.00 bits per heavy atom. The van der Waals surface area contributed by atoms with E-state index in [2.05, 4.69) is 27.2 Å². The molecular weight excluding hydrogens is 212 g/mol. The van der Waals surface area contributed by atoms with Crippen LogP contribution in [0, 0.1) is 13.8 Å². The number of likely N-dealkylation sites (tertiary alicyclic amines) is 1. The Kier molecular flexibility index (Phi) is 3.94. The average molecular weight is 234 g/mol. The average Bonchev–Trinajstić information content (AvgIpc) is 2.27. The predicted molar refractivity (Wildman–Crippen MR) is 70.3 cm³/mol. The van der Waals surface area contributed by atoms with Gasteiger partial charge in [-0.1, -0.05) is 6.42 Å². The van der Waals surface area contributed by atoms with Crippen molar-refractivity contribution >= 4 is 5.95 Å². The van der Waals surface area contributed by atoms with Gasteiger partial charge in [-0.25, -0.2) is 9.97 Å². The Hall–Kier alpha value is -1.16. The van der Waals surface area contributed by atoms with Crippen LogP contribution in [0.4, 0.5) is 5.95 Å². The van der Waals surface area contributed by atoms with Crippen LogP contribution >= 0.6 is 0 Å². The quantitative estimate of drug-likeness (QED) is 0.868. The molecule has 0 aliphatic carbocycles. The molecular formula is C13H22N4. The molecule has 0 radical (unpaired) electrons. The standard InChI is InChI=1S/C13H22N4/c1-10-8-11(2)16-13(15-10)14-9-12-6-4-5-7-17(12)3/h8,12H,4-7,9H2,1-3H3,(H,14,15,16). The maximum absolute atomic E-state index is 4.40. The highest BCUT2D eigenvalue weighted by atomic mass is 15.2. The molecule has 0 saturated carbocycles. The fourth-order valence-corrected chi connectivity index (χ4v) is 2.42. The van der Waals surface area contributed by atoms with Crippen molar-refractivity contribution in [2.45, 2.75) is 39.2 Å². The lowest BCUT2D eigenvalue weighted by Gasteiger charge is -2.32. The molecule has 17 heavy (non-hydrogen) atoms. The third kappa shape index (κ3) is 3.40. The fourth-order valence-electron chi connectivity index (χ4n) is 2.42. The number of likely N-dealkylation sites (N-methyl/N-ethyl adjacent to an activating group) is 1. The lowest BCUT2D eigenvalue weighted by molar-refractivity contribution is 0.194. The maximum Gasteiger partial charge on any atom is 0.223 e. The number of nitrogens with zero attached hydrogens (tertiary/aromatic N) is 3. The summed E-state index contributed by atoms with van der Waals surface area (Å²) >= 11 is 0. The number of anilines is 1. The van der Waals surface area contributed by atoms with E-state index >= 15 is 0 Å². The lowest BCUT2D eigenvalue weighted by Crippen LogP contribution is -2.41. The first-order chi connectivity index (χ1) is 8.15. The summed E-state index contributed by atoms with van der Waals surface area (Å²) in [5.41, 5.74) is 2.05. The molecule has 2 rings (SSSR count). The van der Waals surface area contributed by atoms with Gasteiger partial charge in [0.2, 0.25) is 5.95 Å². The summed E-state index contributed by atoms with van der Waals surface area (Å²) in [6.07, 6.45) is 3.94. The largest absolute Gasteiger partial charge is 0.353 e. The molecule has 1 aliphatic rings. The maximum atomic E-state index is 4.40. The third-order valence-corrected chi connectivity index (χ3v) is 3.40. The third-order valence-electron chi connectivity index (χ3n) is 3.40. The van der Waals surface area contributed by atoms with E-state index in [0.717, 1.165) is 23.9 Å². The Balaban J connectivity index is 1.92. The summed E-state index contributed by atoms with van der Waals surface area (Å²) in [6, 6.07) is 2.62. The van der Waals surface area contributed by atoms with E-state index in [4.69, 9.17) is 0 Å². The van der Waals surface area contributed by atoms with Crippen LogP contribution in [-0.2, 0) is 0 Å². The minimum absolute atomic E-state index is 0.619. The molecule has 0 aromatic carbocycles. The van der Waals surface area contributed by atoms with Gasteiger partial charge in [-0.15, -0.1) is 0 Å². The van der Waals surface area contributed by atoms with Crippen molar-refractivity contribution in [3.8, 4) is 0 Å². The van der Waals surface area contributed by atoms with Crippen LogP contribution in [0.25, 0.3) is 0 Å². The van der Waals surface area contributed by atoms with Gasteiger partial charge in [-0.3, -0.25) is 0 Å². The van der Waals surface area contributed by atoms with Crippen molar-refractivity contribution in [3.63, 3.8) is 0 Å². The highest BCUT2D eigenvalue weighted by molar-refractivity contribution is 5.27. The number of hydrogen-bond donors (Lipinski definition) is 1. The number of piperidine rings is 1. The summed E-state index contributed by atoms with van der Waals surface area (Å²) in [5.74, 6) is 0.765. The summed E-state index contributed by atoms with van der Waals surface area (Å²) in [7, 11) is 2.20. The smallest absolute Gasteiger partial charge is 0.223 e. The summed E-state index contributed by atoms with van der Waals surface area (Å²) in [4.78, 5) is 11.2. The zero-order valence-corrected chi connectivity index (χ0v) is 11.0. The van der Waals surface area contributed by atoms with Crippen molar-refractivity contribution in [1.29, 1.82) is 0 Å². The van der Waals surface area contributed by atoms with Crippen LogP contribution < -0.4 is 5.32 Å². The van der Waals surface area contributed by atoms with Gasteiger partial charge in [-0.05, 0) is 46.3 Å². The first-order valence-electron chi connectivity index (χ1n) is 6.41. The molecule has 1 N–H and O–H groups in total. The molecule has 94 valence electrons. The zero-order chi connectivity index (χ0) is 12.3. The van der Waals surface area contributed by atoms with E-state index < -0.39 is 0 Å². The topological polar surface area (TPSA) is 41.1 Å². The Bertz CT molecular complexity index is 357. The number of aryl methyl sites for hydroxylation is 2. The van der Waals surface area contributed by atoms with Crippen LogP contribution in [0.3, 0.4) is 0 Å². The zero-order valence-electron chi connectivity index (χ0n) is 11.0. The van der Waals surface area contributed by atoms with Gasteiger partial charge >= 0.3 is 0 Å². The normalized spacial score (nSPS) is 21.5. The van der Waals surface area contributed by atoms with Crippen molar-refractivity contribution < 1.29 is 0 Å². The van der Waals surface area contributed by atoms with Crippen LogP contribution in [0.2, 0.25) is 0 Å². The van der Waals surface area contributed by atoms with Gasteiger partial charge in [0.15, 0.2) is 0 Å². The van der Waals surface area contributed by atoms with Crippen LogP contribution in [0.15, 0.2) is 6.07 Å². The number of rotatable bonds is 3. The minimum atomic E-state index is 0.619. The Labute approximate surface area is 103 Å². The molecule has 1 aromatic rings. The van der Waals surface area contributed by atoms with Gasteiger partial charge in [0.25, 0.3) is 0 Å². The second-order valence-electron chi connectivity index (χ2n) is 4.99. The van der Waals surface area contributed by atoms with Gasteiger partial charge in [0, 0.05) is 24.0 Å². The molecule has 1 aliphatic heterocycles. The Morgan fingerprint density at radius 3 is 2.65 bits per heavy atom. The molecule has 1 atom stereocenters. The first kappa shape index (κ1) is 12.3. The summed E-state index contributed by atoms with van der Waals surface area (Å²) < 4.78 is 0. The van der Waals surface area contributed by atoms with Gasteiger partial charge in [0.1, 0.15) is 0 Å². The minimum Gasteiger partial charge on any atom is -0.353 e. The molecule has 4 nitrogen and oxygen atoms in total. The van der Waals surface area contributed by atoms with E-state index in [1.807, 2.05) is 19.9 Å². The second-order valence-corrected chi connectivity index (χ2v) is 4.99. The molecule has 0 spiro atoms. The number of nitrogens with one attached hydrogen (secondary N) is 1. The second kappa shape index (κ2) is 5.45. The monoisotopic (exact) mass is 234 g/mol. The van der Waals surface area contributed by atoms with Crippen molar-refractivity contribution in [3.05, 3.63) is 17.5 Å². The van der Waals surface area contributed by atoms with Crippen molar-refractivity contribution in [2.24, 2.45) is 0 Å². The molecule has 1 saturated heterocycles. The van der Waals surface area contributed by atoms with E-state index in [1.54, 1.807) is 0 Å². The summed E-state index contributed by atoms with van der Waals surface area (Å²) in [5, 5.41) is 3.36. The van der Waals surface area contributed by atoms with Crippen LogP contribution in [-0.4, -0.2) is 41.0 Å². The fraction of sp³-hybridized carbons (Fsp3) is 0.692. The van der Waals surface area contributed by atoms with Gasteiger partial charge < -0.3 is 10.2 Å². The highest BCUT2D eigenvalue weighted by Crippen LogP contribution is 2.15. The lowest BCUT2D eigenvalue weighted by atomic mass is 10.0. The molecule has 0 amide bonds. The van der Waals surface area contributed by atoms with E-state index in [9.17, 15) is 0 Å². The Morgan fingerprint density at radius 1 is 1.29 bits per heavy atom. The van der Waals surface area contributed by atoms with Crippen molar-refractivity contribution in [1.82, 2.24) is 14.9 Å². The molecule has 0 bridgehead atoms. The molecule has 1 unspecified atom stereocenters. The highest BCUT2D eigenvalue weighted by Gasteiger charge is 2.18. The molecule has 4 heteroatoms. The van der Waals surface area contributed by atoms with E-state index in [-0.39, 0.29) is 0 Å². The van der Waals surface area contributed by atoms with Crippen LogP contribution in [0.5, 0.6) is 0 Å². The van der Waals surface area contributed by atoms with E-state index in [1.165, 1.54) is 25.8 Å².